The number of rotatable bonds is 4. The summed E-state index contributed by atoms with van der Waals surface area (Å²) in [6.45, 7) is 4.74. The third-order valence-electron chi connectivity index (χ3n) is 12.9. The predicted molar refractivity (Wildman–Crippen MR) is 246 cm³/mol. The molecule has 0 aliphatic heterocycles. The molecule has 272 valence electrons. The lowest BCUT2D eigenvalue weighted by molar-refractivity contribution is 0.661. The highest BCUT2D eigenvalue weighted by Crippen LogP contribution is 2.54. The zero-order valence-corrected chi connectivity index (χ0v) is 32.4. The van der Waals surface area contributed by atoms with E-state index in [1.54, 1.807) is 0 Å². The Balaban J connectivity index is 1.00. The van der Waals surface area contributed by atoms with Gasteiger partial charge in [-0.1, -0.05) is 184 Å². The summed E-state index contributed by atoms with van der Waals surface area (Å²) in [5, 5.41) is 9.91. The summed E-state index contributed by atoms with van der Waals surface area (Å²) in [6.07, 6.45) is 0. The van der Waals surface area contributed by atoms with Crippen LogP contribution in [0.25, 0.3) is 110 Å². The molecule has 1 nitrogen and oxygen atoms in total. The number of para-hydroxylation sites is 1. The molecule has 0 fully saturated rings. The maximum Gasteiger partial charge on any atom is 0.135 e. The van der Waals surface area contributed by atoms with E-state index in [9.17, 15) is 0 Å². The molecule has 1 heterocycles. The molecule has 0 unspecified atom stereocenters. The minimum absolute atomic E-state index is 0.0773. The van der Waals surface area contributed by atoms with Gasteiger partial charge in [-0.3, -0.25) is 0 Å². The van der Waals surface area contributed by atoms with Crippen LogP contribution in [0, 0.1) is 0 Å². The Bertz CT molecular complexity index is 3410. The number of hydrogen-bond acceptors (Lipinski definition) is 1. The molecule has 0 bridgehead atoms. The number of benzene rings is 10. The van der Waals surface area contributed by atoms with Gasteiger partial charge in [-0.15, -0.1) is 0 Å². The van der Waals surface area contributed by atoms with Crippen LogP contribution in [0.4, 0.5) is 0 Å². The average molecular weight is 739 g/mol. The summed E-state index contributed by atoms with van der Waals surface area (Å²) in [7, 11) is 0. The minimum atomic E-state index is -0.0773. The van der Waals surface area contributed by atoms with Crippen LogP contribution in [-0.2, 0) is 5.41 Å². The summed E-state index contributed by atoms with van der Waals surface area (Å²) >= 11 is 0. The van der Waals surface area contributed by atoms with E-state index < -0.39 is 0 Å². The first-order chi connectivity index (χ1) is 28.5. The van der Waals surface area contributed by atoms with Crippen molar-refractivity contribution >= 4 is 54.3 Å². The SMILES string of the molecule is CC1(C)c2cccc(-c3ccc(-c4c5ccccc5c(-c5cccc(-c6ccc7oc8ccccc8c7c6)c5)c5ccccc45)cc3)c2-c2c1ccc1ccccc21. The first-order valence-corrected chi connectivity index (χ1v) is 20.3. The molecule has 0 spiro atoms. The first-order valence-electron chi connectivity index (χ1n) is 20.3. The van der Waals surface area contributed by atoms with Gasteiger partial charge in [-0.25, -0.2) is 0 Å². The smallest absolute Gasteiger partial charge is 0.135 e. The van der Waals surface area contributed by atoms with Gasteiger partial charge in [-0.2, -0.15) is 0 Å². The van der Waals surface area contributed by atoms with E-state index in [0.29, 0.717) is 0 Å². The molecule has 10 aromatic carbocycles. The highest BCUT2D eigenvalue weighted by molar-refractivity contribution is 6.21. The third kappa shape index (κ3) is 4.77. The van der Waals surface area contributed by atoms with Crippen LogP contribution in [0.15, 0.2) is 199 Å². The first kappa shape index (κ1) is 33.0. The molecule has 1 aliphatic carbocycles. The molecular formula is C57H38O. The lowest BCUT2D eigenvalue weighted by Gasteiger charge is -2.22. The number of furan rings is 1. The molecule has 0 saturated carbocycles. The van der Waals surface area contributed by atoms with Crippen molar-refractivity contribution in [2.45, 2.75) is 19.3 Å². The van der Waals surface area contributed by atoms with Gasteiger partial charge >= 0.3 is 0 Å². The zero-order chi connectivity index (χ0) is 38.5. The average Bonchev–Trinajstić information content (AvgIpc) is 3.77. The molecule has 0 amide bonds. The largest absolute Gasteiger partial charge is 0.456 e. The molecule has 1 aromatic heterocycles. The Morgan fingerprint density at radius 2 is 0.845 bits per heavy atom. The molecule has 0 atom stereocenters. The van der Waals surface area contributed by atoms with Gasteiger partial charge in [0.2, 0.25) is 0 Å². The fourth-order valence-corrected chi connectivity index (χ4v) is 10.1. The second-order valence-corrected chi connectivity index (χ2v) is 16.4. The zero-order valence-electron chi connectivity index (χ0n) is 32.4. The fraction of sp³-hybridized carbons (Fsp3) is 0.0526. The van der Waals surface area contributed by atoms with Crippen LogP contribution >= 0.6 is 0 Å². The highest BCUT2D eigenvalue weighted by atomic mass is 16.3. The second kappa shape index (κ2) is 12.4. The minimum Gasteiger partial charge on any atom is -0.456 e. The molecule has 0 radical (unpaired) electrons. The Labute approximate surface area is 337 Å². The van der Waals surface area contributed by atoms with E-state index in [0.717, 1.165) is 21.9 Å². The van der Waals surface area contributed by atoms with E-state index in [1.807, 2.05) is 12.1 Å². The Morgan fingerprint density at radius 1 is 0.310 bits per heavy atom. The van der Waals surface area contributed by atoms with Crippen molar-refractivity contribution in [3.63, 3.8) is 0 Å². The molecule has 12 rings (SSSR count). The van der Waals surface area contributed by atoms with Crippen LogP contribution in [0.1, 0.15) is 25.0 Å². The quantitative estimate of drug-likeness (QED) is 0.164. The van der Waals surface area contributed by atoms with Crippen LogP contribution in [0.2, 0.25) is 0 Å². The molecule has 0 N–H and O–H groups in total. The maximum atomic E-state index is 6.16. The summed E-state index contributed by atoms with van der Waals surface area (Å²) < 4.78 is 6.16. The van der Waals surface area contributed by atoms with Gasteiger partial charge in [0.1, 0.15) is 11.2 Å². The number of hydrogen-bond donors (Lipinski definition) is 0. The topological polar surface area (TPSA) is 13.1 Å². The standard InChI is InChI=1S/C57H38O/c1-57(2)49-23-12-22-42(55(49)56-41-16-4-3-13-35(41)29-31-50(56)57)36-25-27-37(28-26-36)53-44-18-5-7-20-46(44)54(47-21-8-6-19-45(47)53)40-15-11-14-38(33-40)39-30-32-52-48(34-39)43-17-9-10-24-51(43)58-52/h3-34H,1-2H3. The molecular weight excluding hydrogens is 701 g/mol. The normalized spacial score (nSPS) is 13.1. The van der Waals surface area contributed by atoms with Crippen LogP contribution in [0.5, 0.6) is 0 Å². The monoisotopic (exact) mass is 738 g/mol. The van der Waals surface area contributed by atoms with Crippen molar-refractivity contribution in [1.29, 1.82) is 0 Å². The van der Waals surface area contributed by atoms with E-state index in [2.05, 4.69) is 196 Å². The lowest BCUT2D eigenvalue weighted by Crippen LogP contribution is -2.14. The summed E-state index contributed by atoms with van der Waals surface area (Å²) in [5.74, 6) is 0. The summed E-state index contributed by atoms with van der Waals surface area (Å²) in [6, 6.07) is 71.5. The molecule has 0 saturated heterocycles. The fourth-order valence-electron chi connectivity index (χ4n) is 10.1. The van der Waals surface area contributed by atoms with Crippen LogP contribution < -0.4 is 0 Å². The van der Waals surface area contributed by atoms with E-state index in [4.69, 9.17) is 4.42 Å². The lowest BCUT2D eigenvalue weighted by atomic mass is 9.81. The van der Waals surface area contributed by atoms with Crippen molar-refractivity contribution in [2.24, 2.45) is 0 Å². The van der Waals surface area contributed by atoms with Gasteiger partial charge < -0.3 is 4.42 Å². The van der Waals surface area contributed by atoms with Gasteiger partial charge in [0.15, 0.2) is 0 Å². The van der Waals surface area contributed by atoms with Gasteiger partial charge in [-0.05, 0) is 123 Å². The summed E-state index contributed by atoms with van der Waals surface area (Å²) in [5.41, 5.74) is 17.1. The maximum absolute atomic E-state index is 6.16. The van der Waals surface area contributed by atoms with Gasteiger partial charge in [0.25, 0.3) is 0 Å². The van der Waals surface area contributed by atoms with Crippen molar-refractivity contribution in [3.8, 4) is 55.6 Å². The molecule has 58 heavy (non-hydrogen) atoms. The van der Waals surface area contributed by atoms with Gasteiger partial charge in [0, 0.05) is 16.2 Å². The second-order valence-electron chi connectivity index (χ2n) is 16.4. The Kier molecular flexibility index (Phi) is 7.04. The molecule has 11 aromatic rings. The van der Waals surface area contributed by atoms with Crippen LogP contribution in [0.3, 0.4) is 0 Å². The number of fused-ring (bicyclic) bond motifs is 10. The van der Waals surface area contributed by atoms with Crippen molar-refractivity contribution in [1.82, 2.24) is 0 Å². The summed E-state index contributed by atoms with van der Waals surface area (Å²) in [4.78, 5) is 0. The van der Waals surface area contributed by atoms with E-state index in [-0.39, 0.29) is 5.41 Å². The Morgan fingerprint density at radius 3 is 1.59 bits per heavy atom. The van der Waals surface area contributed by atoms with Crippen LogP contribution in [-0.4, -0.2) is 0 Å². The molecule has 1 heteroatoms. The molecule has 1 aliphatic rings. The predicted octanol–water partition coefficient (Wildman–Crippen LogP) is 16.0. The Hall–Kier alpha value is -7.22. The van der Waals surface area contributed by atoms with Crippen molar-refractivity contribution in [2.75, 3.05) is 0 Å². The van der Waals surface area contributed by atoms with E-state index >= 15 is 0 Å². The third-order valence-corrected chi connectivity index (χ3v) is 12.9. The highest BCUT2D eigenvalue weighted by Gasteiger charge is 2.37. The van der Waals surface area contributed by atoms with E-state index in [1.165, 1.54) is 99.1 Å². The van der Waals surface area contributed by atoms with Crippen molar-refractivity contribution in [3.05, 3.63) is 205 Å². The van der Waals surface area contributed by atoms with Gasteiger partial charge in [0.05, 0.1) is 0 Å². The van der Waals surface area contributed by atoms with Crippen molar-refractivity contribution < 1.29 is 4.42 Å².